The molecule has 0 unspecified atom stereocenters. The first-order chi connectivity index (χ1) is 19.5. The summed E-state index contributed by atoms with van der Waals surface area (Å²) in [7, 11) is 1.48. The van der Waals surface area contributed by atoms with Crippen LogP contribution < -0.4 is 24.8 Å². The zero-order chi connectivity index (χ0) is 27.9. The monoisotopic (exact) mass is 547 g/mol. The highest BCUT2D eigenvalue weighted by Gasteiger charge is 2.16. The van der Waals surface area contributed by atoms with Crippen molar-refractivity contribution >= 4 is 11.8 Å². The number of rotatable bonds is 3. The molecule has 9 heteroatoms. The van der Waals surface area contributed by atoms with Crippen molar-refractivity contribution in [2.75, 3.05) is 33.4 Å². The number of fused-ring (bicyclic) bond motifs is 14. The molecule has 210 valence electrons. The standard InChI is InChI=1S/C31H34FN3O5/c1-38-29-17-24-6-8-28(29)40-26-16-22(15-25(32)18-26)19-34-30(36)4-2-11-35(12-3-10-33-31(24)37)20-21-5-7-27-23(14-21)9-13-39-27/h5-8,14-18H,2-4,9-13,19-20H2,1H3,(H,33,37)(H,34,36). The van der Waals surface area contributed by atoms with Gasteiger partial charge in [0.05, 0.1) is 13.7 Å². The first-order valence-electron chi connectivity index (χ1n) is 13.6. The minimum atomic E-state index is -0.479. The molecule has 3 aliphatic rings. The van der Waals surface area contributed by atoms with Crippen LogP contribution in [-0.2, 0) is 24.3 Å². The van der Waals surface area contributed by atoms with Crippen LogP contribution in [0.25, 0.3) is 0 Å². The molecule has 8 nitrogen and oxygen atoms in total. The molecule has 0 aromatic heterocycles. The molecule has 0 fully saturated rings. The van der Waals surface area contributed by atoms with Gasteiger partial charge >= 0.3 is 0 Å². The Hall–Kier alpha value is -4.11. The van der Waals surface area contributed by atoms with Gasteiger partial charge in [0.1, 0.15) is 17.3 Å². The summed E-state index contributed by atoms with van der Waals surface area (Å²) in [5, 5.41) is 5.87. The summed E-state index contributed by atoms with van der Waals surface area (Å²) in [4.78, 5) is 27.8. The minimum absolute atomic E-state index is 0.0970. The first kappa shape index (κ1) is 27.5. The van der Waals surface area contributed by atoms with Crippen molar-refractivity contribution in [1.29, 1.82) is 0 Å². The minimum Gasteiger partial charge on any atom is -0.493 e. The molecule has 2 N–H and O–H groups in total. The number of carbonyl (C=O) groups excluding carboxylic acids is 2. The fraction of sp³-hybridized carbons (Fsp3) is 0.355. The Morgan fingerprint density at radius 2 is 1.80 bits per heavy atom. The molecule has 0 radical (unpaired) electrons. The second kappa shape index (κ2) is 12.8. The Morgan fingerprint density at radius 1 is 0.950 bits per heavy atom. The van der Waals surface area contributed by atoms with E-state index in [0.29, 0.717) is 42.0 Å². The molecule has 2 amide bonds. The molecule has 0 saturated carbocycles. The molecule has 4 bridgehead atoms. The number of hydrogen-bond acceptors (Lipinski definition) is 6. The Labute approximate surface area is 233 Å². The molecule has 0 aliphatic carbocycles. The van der Waals surface area contributed by atoms with E-state index in [9.17, 15) is 14.0 Å². The summed E-state index contributed by atoms with van der Waals surface area (Å²) in [5.41, 5.74) is 3.45. The van der Waals surface area contributed by atoms with Crippen molar-refractivity contribution in [3.05, 3.63) is 82.7 Å². The fourth-order valence-corrected chi connectivity index (χ4v) is 5.03. The van der Waals surface area contributed by atoms with Gasteiger partial charge in [-0.05, 0) is 72.5 Å². The van der Waals surface area contributed by atoms with E-state index in [0.717, 1.165) is 44.8 Å². The van der Waals surface area contributed by atoms with Crippen LogP contribution in [0.3, 0.4) is 0 Å². The lowest BCUT2D eigenvalue weighted by Gasteiger charge is -2.23. The Bertz CT molecular complexity index is 1380. The quantitative estimate of drug-likeness (QED) is 0.499. The zero-order valence-corrected chi connectivity index (χ0v) is 22.6. The molecule has 3 heterocycles. The topological polar surface area (TPSA) is 89.1 Å². The van der Waals surface area contributed by atoms with Crippen molar-refractivity contribution in [3.63, 3.8) is 0 Å². The smallest absolute Gasteiger partial charge is 0.251 e. The lowest BCUT2D eigenvalue weighted by Crippen LogP contribution is -2.31. The molecule has 0 saturated heterocycles. The number of methoxy groups -OCH3 is 1. The normalized spacial score (nSPS) is 16.8. The highest BCUT2D eigenvalue weighted by atomic mass is 19.1. The third-order valence-corrected chi connectivity index (χ3v) is 7.05. The van der Waals surface area contributed by atoms with Crippen LogP contribution in [0, 0.1) is 5.82 Å². The van der Waals surface area contributed by atoms with E-state index in [1.54, 1.807) is 24.3 Å². The van der Waals surface area contributed by atoms with Crippen molar-refractivity contribution in [1.82, 2.24) is 15.5 Å². The third kappa shape index (κ3) is 7.09. The van der Waals surface area contributed by atoms with Gasteiger partial charge in [0, 0.05) is 50.7 Å². The number of carbonyl (C=O) groups is 2. The molecule has 40 heavy (non-hydrogen) atoms. The Balaban J connectivity index is 1.33. The van der Waals surface area contributed by atoms with Crippen molar-refractivity contribution < 1.29 is 28.2 Å². The number of ether oxygens (including phenoxy) is 3. The van der Waals surface area contributed by atoms with Crippen LogP contribution in [0.4, 0.5) is 4.39 Å². The first-order valence-corrected chi connectivity index (χ1v) is 13.6. The predicted octanol–water partition coefficient (Wildman–Crippen LogP) is 4.59. The molecule has 3 aromatic carbocycles. The lowest BCUT2D eigenvalue weighted by atomic mass is 10.1. The highest BCUT2D eigenvalue weighted by molar-refractivity contribution is 5.94. The molecular formula is C31H34FN3O5. The molecule has 6 rings (SSSR count). The van der Waals surface area contributed by atoms with Crippen LogP contribution in [-0.4, -0.2) is 50.1 Å². The number of amides is 2. The van der Waals surface area contributed by atoms with Gasteiger partial charge in [-0.1, -0.05) is 12.1 Å². The van der Waals surface area contributed by atoms with E-state index in [2.05, 4.69) is 27.7 Å². The van der Waals surface area contributed by atoms with Gasteiger partial charge in [-0.2, -0.15) is 0 Å². The summed E-state index contributed by atoms with van der Waals surface area (Å²) < 4.78 is 31.3. The van der Waals surface area contributed by atoms with Gasteiger partial charge in [-0.15, -0.1) is 0 Å². The van der Waals surface area contributed by atoms with E-state index in [4.69, 9.17) is 14.2 Å². The number of halogens is 1. The maximum Gasteiger partial charge on any atom is 0.251 e. The fourth-order valence-electron chi connectivity index (χ4n) is 5.03. The van der Waals surface area contributed by atoms with Crippen LogP contribution in [0.15, 0.2) is 54.6 Å². The van der Waals surface area contributed by atoms with Gasteiger partial charge in [-0.25, -0.2) is 4.39 Å². The van der Waals surface area contributed by atoms with Crippen LogP contribution >= 0.6 is 0 Å². The van der Waals surface area contributed by atoms with Gasteiger partial charge in [0.25, 0.3) is 5.91 Å². The maximum absolute atomic E-state index is 14.4. The second-order valence-corrected chi connectivity index (χ2v) is 10.1. The van der Waals surface area contributed by atoms with Crippen molar-refractivity contribution in [2.24, 2.45) is 0 Å². The molecule has 0 atom stereocenters. The number of hydrogen-bond donors (Lipinski definition) is 2. The van der Waals surface area contributed by atoms with Gasteiger partial charge in [0.15, 0.2) is 11.5 Å². The van der Waals surface area contributed by atoms with Crippen LogP contribution in [0.2, 0.25) is 0 Å². The van der Waals surface area contributed by atoms with E-state index < -0.39 is 5.82 Å². The third-order valence-electron chi connectivity index (χ3n) is 7.05. The second-order valence-electron chi connectivity index (χ2n) is 10.1. The van der Waals surface area contributed by atoms with E-state index in [1.807, 2.05) is 6.07 Å². The largest absolute Gasteiger partial charge is 0.493 e. The van der Waals surface area contributed by atoms with Crippen molar-refractivity contribution in [2.45, 2.75) is 38.8 Å². The zero-order valence-electron chi connectivity index (χ0n) is 22.6. The van der Waals surface area contributed by atoms with Gasteiger partial charge in [-0.3, -0.25) is 14.5 Å². The van der Waals surface area contributed by atoms with Gasteiger partial charge < -0.3 is 24.8 Å². The highest BCUT2D eigenvalue weighted by Crippen LogP contribution is 2.33. The van der Waals surface area contributed by atoms with Crippen LogP contribution in [0.5, 0.6) is 23.0 Å². The number of nitrogens with one attached hydrogen (secondary N) is 2. The van der Waals surface area contributed by atoms with E-state index in [1.165, 1.54) is 30.4 Å². The summed E-state index contributed by atoms with van der Waals surface area (Å²) >= 11 is 0. The Kier molecular flexibility index (Phi) is 8.81. The number of benzene rings is 3. The summed E-state index contributed by atoms with van der Waals surface area (Å²) in [5.74, 6) is 1.14. The lowest BCUT2D eigenvalue weighted by molar-refractivity contribution is -0.121. The average molecular weight is 548 g/mol. The summed E-state index contributed by atoms with van der Waals surface area (Å²) in [6.45, 7) is 3.64. The van der Waals surface area contributed by atoms with E-state index in [-0.39, 0.29) is 24.1 Å². The predicted molar refractivity (Wildman–Crippen MR) is 148 cm³/mol. The van der Waals surface area contributed by atoms with Gasteiger partial charge in [0.2, 0.25) is 5.91 Å². The maximum atomic E-state index is 14.4. The van der Waals surface area contributed by atoms with E-state index >= 15 is 0 Å². The molecule has 0 spiro atoms. The SMILES string of the molecule is COc1cc2ccc1Oc1cc(F)cc(c1)CNC(=O)CCCN(Cc1ccc3c(c1)CCO3)CCCNC2=O. The van der Waals surface area contributed by atoms with Crippen molar-refractivity contribution in [3.8, 4) is 23.0 Å². The summed E-state index contributed by atoms with van der Waals surface area (Å²) in [6.07, 6.45) is 2.70. The molecular weight excluding hydrogens is 513 g/mol. The Morgan fingerprint density at radius 3 is 2.67 bits per heavy atom. The molecule has 3 aromatic rings. The van der Waals surface area contributed by atoms with Crippen LogP contribution in [0.1, 0.15) is 46.3 Å². The summed E-state index contributed by atoms with van der Waals surface area (Å²) in [6, 6.07) is 15.5. The molecule has 3 aliphatic heterocycles. The average Bonchev–Trinajstić information content (AvgIpc) is 3.41. The number of nitrogens with zero attached hydrogens (tertiary/aromatic N) is 1.